The van der Waals surface area contributed by atoms with Crippen LogP contribution in [0.1, 0.15) is 6.92 Å². The first-order valence-corrected chi connectivity index (χ1v) is 8.40. The van der Waals surface area contributed by atoms with E-state index < -0.39 is 10.8 Å². The first-order chi connectivity index (χ1) is 8.40. The van der Waals surface area contributed by atoms with Crippen molar-refractivity contribution in [1.82, 2.24) is 9.55 Å². The van der Waals surface area contributed by atoms with Crippen LogP contribution in [0.5, 0.6) is 0 Å². The van der Waals surface area contributed by atoms with Crippen molar-refractivity contribution >= 4 is 56.6 Å². The number of imidazole rings is 1. The zero-order valence-electron chi connectivity index (χ0n) is 9.87. The van der Waals surface area contributed by atoms with Gasteiger partial charge in [0.25, 0.3) is 0 Å². The largest absolute Gasteiger partial charge is 0.331 e. The first kappa shape index (κ1) is 14.1. The fourth-order valence-corrected chi connectivity index (χ4v) is 2.80. The fourth-order valence-electron chi connectivity index (χ4n) is 1.70. The molecule has 7 heteroatoms. The van der Waals surface area contributed by atoms with E-state index in [1.807, 2.05) is 29.5 Å². The van der Waals surface area contributed by atoms with Gasteiger partial charge < -0.3 is 9.55 Å². The quantitative estimate of drug-likeness (QED) is 0.637. The number of fused-ring (bicyclic) bond motifs is 1. The maximum Gasteiger partial charge on any atom is 0.178 e. The van der Waals surface area contributed by atoms with E-state index in [2.05, 4.69) is 4.98 Å². The van der Waals surface area contributed by atoms with Crippen LogP contribution in [0.2, 0.25) is 0 Å². The average molecular weight is 398 g/mol. The molecule has 1 heterocycles. The van der Waals surface area contributed by atoms with Gasteiger partial charge in [-0.15, -0.1) is 0 Å². The third-order valence-electron chi connectivity index (χ3n) is 2.82. The number of hydrogen-bond acceptors (Lipinski definition) is 2. The zero-order chi connectivity index (χ0) is 13.4. The molecule has 3 nitrogen and oxygen atoms in total. The molecule has 2 unspecified atom stereocenters. The maximum absolute atomic E-state index is 13.6. The van der Waals surface area contributed by atoms with Crippen LogP contribution < -0.4 is 0 Å². The molecule has 0 spiro atoms. The summed E-state index contributed by atoms with van der Waals surface area (Å²) in [5, 5.41) is -0.0296. The number of benzene rings is 1. The monoisotopic (exact) mass is 398 g/mol. The second kappa shape index (κ2) is 5.38. The minimum absolute atomic E-state index is 0.0296. The smallest absolute Gasteiger partial charge is 0.178 e. The fraction of sp³-hybridized carbons (Fsp3) is 0.364. The summed E-state index contributed by atoms with van der Waals surface area (Å²) in [6.45, 7) is 2.40. The van der Waals surface area contributed by atoms with Crippen LogP contribution in [0, 0.1) is 14.2 Å². The van der Waals surface area contributed by atoms with E-state index in [0.717, 1.165) is 11.0 Å². The third kappa shape index (κ3) is 2.67. The van der Waals surface area contributed by atoms with Gasteiger partial charge in [-0.1, -0.05) is 0 Å². The number of aromatic nitrogens is 2. The number of H-pyrrole nitrogens is 1. The average Bonchev–Trinajstić information content (AvgIpc) is 2.56. The summed E-state index contributed by atoms with van der Waals surface area (Å²) in [5.41, 5.74) is 1.52. The third-order valence-corrected chi connectivity index (χ3v) is 5.25. The zero-order valence-corrected chi connectivity index (χ0v) is 13.7. The highest BCUT2D eigenvalue weighted by Crippen LogP contribution is 2.21. The van der Waals surface area contributed by atoms with Crippen LogP contribution in [-0.2, 0) is 17.3 Å². The molecule has 2 aromatic rings. The number of nitrogens with one attached hydrogen (secondary N) is 1. The van der Waals surface area contributed by atoms with E-state index in [1.165, 1.54) is 6.07 Å². The van der Waals surface area contributed by atoms with Gasteiger partial charge in [0.2, 0.25) is 0 Å². The SMILES string of the molecule is CC(Cn1c(=S)[nH]c2cc(I)c(F)cc21)S(C)=O. The summed E-state index contributed by atoms with van der Waals surface area (Å²) >= 11 is 7.17. The van der Waals surface area contributed by atoms with Crippen molar-refractivity contribution in [3.8, 4) is 0 Å². The summed E-state index contributed by atoms with van der Waals surface area (Å²) in [7, 11) is -0.932. The van der Waals surface area contributed by atoms with Gasteiger partial charge >= 0.3 is 0 Å². The predicted molar refractivity (Wildman–Crippen MR) is 83.3 cm³/mol. The predicted octanol–water partition coefficient (Wildman–Crippen LogP) is 3.21. The Hall–Kier alpha value is -0.280. The first-order valence-electron chi connectivity index (χ1n) is 5.30. The van der Waals surface area contributed by atoms with Crippen LogP contribution in [0.4, 0.5) is 4.39 Å². The van der Waals surface area contributed by atoms with Crippen LogP contribution >= 0.6 is 34.8 Å². The maximum atomic E-state index is 13.6. The minimum Gasteiger partial charge on any atom is -0.331 e. The van der Waals surface area contributed by atoms with E-state index >= 15 is 0 Å². The van der Waals surface area contributed by atoms with Gasteiger partial charge in [-0.25, -0.2) is 4.39 Å². The normalized spacial score (nSPS) is 14.9. The van der Waals surface area contributed by atoms with E-state index in [0.29, 0.717) is 14.9 Å². The van der Waals surface area contributed by atoms with Crippen molar-refractivity contribution in [1.29, 1.82) is 0 Å². The lowest BCUT2D eigenvalue weighted by Crippen LogP contribution is -2.17. The van der Waals surface area contributed by atoms with Crippen molar-refractivity contribution in [2.75, 3.05) is 6.26 Å². The highest BCUT2D eigenvalue weighted by Gasteiger charge is 2.13. The highest BCUT2D eigenvalue weighted by molar-refractivity contribution is 14.1. The van der Waals surface area contributed by atoms with Crippen molar-refractivity contribution < 1.29 is 8.60 Å². The molecular formula is C11H12FIN2OS2. The van der Waals surface area contributed by atoms with Gasteiger partial charge in [0.1, 0.15) is 5.82 Å². The van der Waals surface area contributed by atoms with Gasteiger partial charge in [-0.3, -0.25) is 4.21 Å². The Morgan fingerprint density at radius 2 is 2.28 bits per heavy atom. The van der Waals surface area contributed by atoms with Gasteiger partial charge in [0.05, 0.1) is 14.6 Å². The van der Waals surface area contributed by atoms with Gasteiger partial charge in [0, 0.05) is 34.9 Å². The number of nitrogens with zero attached hydrogens (tertiary/aromatic N) is 1. The van der Waals surface area contributed by atoms with E-state index in [-0.39, 0.29) is 11.1 Å². The second-order valence-corrected chi connectivity index (χ2v) is 7.48. The number of halogens is 2. The summed E-state index contributed by atoms with van der Waals surface area (Å²) in [6.07, 6.45) is 1.66. The minimum atomic E-state index is -0.932. The van der Waals surface area contributed by atoms with Crippen LogP contribution in [0.25, 0.3) is 11.0 Å². The van der Waals surface area contributed by atoms with E-state index in [1.54, 1.807) is 16.9 Å². The van der Waals surface area contributed by atoms with Crippen molar-refractivity contribution in [3.63, 3.8) is 0 Å². The molecule has 0 fully saturated rings. The Balaban J connectivity index is 2.57. The van der Waals surface area contributed by atoms with Crippen molar-refractivity contribution in [3.05, 3.63) is 26.3 Å². The Morgan fingerprint density at radius 1 is 1.61 bits per heavy atom. The Labute approximate surface area is 125 Å². The summed E-state index contributed by atoms with van der Waals surface area (Å²) in [6, 6.07) is 3.19. The molecule has 0 aliphatic carbocycles. The molecule has 0 saturated heterocycles. The Morgan fingerprint density at radius 3 is 2.89 bits per heavy atom. The lowest BCUT2D eigenvalue weighted by molar-refractivity contribution is 0.619. The lowest BCUT2D eigenvalue weighted by Gasteiger charge is -2.10. The summed E-state index contributed by atoms with van der Waals surface area (Å²) in [5.74, 6) is -0.267. The number of aromatic amines is 1. The van der Waals surface area contributed by atoms with Gasteiger partial charge in [-0.05, 0) is 47.8 Å². The standard InChI is InChI=1S/C11H12FIN2OS2/c1-6(18(2)16)5-15-10-3-7(12)8(13)4-9(10)14-11(15)17/h3-4,6H,5H2,1-2H3,(H,14,17). The topological polar surface area (TPSA) is 37.8 Å². The van der Waals surface area contributed by atoms with Gasteiger partial charge in [-0.2, -0.15) is 0 Å². The van der Waals surface area contributed by atoms with Crippen molar-refractivity contribution in [2.45, 2.75) is 18.7 Å². The summed E-state index contributed by atoms with van der Waals surface area (Å²) < 4.78 is 27.9. The van der Waals surface area contributed by atoms with Crippen LogP contribution in [0.3, 0.4) is 0 Å². The summed E-state index contributed by atoms with van der Waals surface area (Å²) in [4.78, 5) is 3.05. The molecule has 1 N–H and O–H groups in total. The molecule has 1 aromatic heterocycles. The molecule has 0 saturated carbocycles. The lowest BCUT2D eigenvalue weighted by atomic mass is 10.3. The molecule has 0 aliphatic rings. The molecule has 0 aliphatic heterocycles. The molecule has 2 rings (SSSR count). The molecule has 0 amide bonds. The molecule has 2 atom stereocenters. The van der Waals surface area contributed by atoms with Gasteiger partial charge in [0.15, 0.2) is 4.77 Å². The molecule has 1 aromatic carbocycles. The van der Waals surface area contributed by atoms with Crippen molar-refractivity contribution in [2.24, 2.45) is 0 Å². The molecule has 18 heavy (non-hydrogen) atoms. The number of hydrogen-bond donors (Lipinski definition) is 1. The highest BCUT2D eigenvalue weighted by atomic mass is 127. The van der Waals surface area contributed by atoms with Crippen LogP contribution in [0.15, 0.2) is 12.1 Å². The molecule has 98 valence electrons. The Bertz CT molecular complexity index is 679. The molecule has 0 bridgehead atoms. The Kier molecular flexibility index (Phi) is 4.22. The molecular weight excluding hydrogens is 386 g/mol. The van der Waals surface area contributed by atoms with E-state index in [9.17, 15) is 8.60 Å². The second-order valence-electron chi connectivity index (χ2n) is 4.13. The number of rotatable bonds is 3. The molecule has 0 radical (unpaired) electrons. The van der Waals surface area contributed by atoms with Crippen LogP contribution in [-0.4, -0.2) is 25.3 Å². The van der Waals surface area contributed by atoms with E-state index in [4.69, 9.17) is 12.2 Å².